The minimum absolute atomic E-state index is 0.127. The normalized spacial score (nSPS) is 27.3. The molecule has 0 saturated heterocycles. The van der Waals surface area contributed by atoms with Crippen molar-refractivity contribution in [1.82, 2.24) is 0 Å². The van der Waals surface area contributed by atoms with Gasteiger partial charge in [-0.05, 0) is 67.9 Å². The molecule has 3 aliphatic rings. The highest BCUT2D eigenvalue weighted by molar-refractivity contribution is 5.53. The van der Waals surface area contributed by atoms with Gasteiger partial charge in [0.15, 0.2) is 11.5 Å². The van der Waals surface area contributed by atoms with Gasteiger partial charge in [0.2, 0.25) is 0 Å². The molecule has 3 nitrogen and oxygen atoms in total. The van der Waals surface area contributed by atoms with Gasteiger partial charge in [-0.3, -0.25) is 0 Å². The van der Waals surface area contributed by atoms with Crippen LogP contribution in [-0.4, -0.2) is 17.0 Å². The fraction of sp³-hybridized carbons (Fsp3) is 0.692. The molecule has 1 aliphatic heterocycles. The Bertz CT molecular complexity index is 783. The summed E-state index contributed by atoms with van der Waals surface area (Å²) in [5.41, 5.74) is 4.09. The van der Waals surface area contributed by atoms with Crippen LogP contribution in [0.2, 0.25) is 0 Å². The summed E-state index contributed by atoms with van der Waals surface area (Å²) in [4.78, 5) is 0. The van der Waals surface area contributed by atoms with Gasteiger partial charge in [0.25, 0.3) is 5.79 Å². The van der Waals surface area contributed by atoms with Gasteiger partial charge in [-0.1, -0.05) is 51.8 Å². The van der Waals surface area contributed by atoms with E-state index >= 15 is 0 Å². The zero-order chi connectivity index (χ0) is 20.8. The Labute approximate surface area is 176 Å². The lowest BCUT2D eigenvalue weighted by Crippen LogP contribution is -2.40. The lowest BCUT2D eigenvalue weighted by Gasteiger charge is -2.40. The highest BCUT2D eigenvalue weighted by Gasteiger charge is 2.44. The molecule has 3 heteroatoms. The Morgan fingerprint density at radius 1 is 1.10 bits per heavy atom. The van der Waals surface area contributed by atoms with Crippen molar-refractivity contribution >= 4 is 0 Å². The first-order valence-corrected chi connectivity index (χ1v) is 11.6. The highest BCUT2D eigenvalue weighted by Crippen LogP contribution is 2.50. The van der Waals surface area contributed by atoms with Gasteiger partial charge >= 0.3 is 0 Å². The van der Waals surface area contributed by atoms with Crippen LogP contribution >= 0.6 is 0 Å². The largest absolute Gasteiger partial charge is 0.448 e. The zero-order valence-electron chi connectivity index (χ0n) is 18.9. The monoisotopic (exact) mass is 398 g/mol. The molecule has 1 fully saturated rings. The summed E-state index contributed by atoms with van der Waals surface area (Å²) in [6.45, 7) is 11.3. The molecule has 1 N–H and O–H groups in total. The van der Waals surface area contributed by atoms with Crippen molar-refractivity contribution in [3.8, 4) is 11.5 Å². The number of aryl methyl sites for hydroxylation is 1. The van der Waals surface area contributed by atoms with E-state index in [0.717, 1.165) is 43.6 Å². The molecule has 29 heavy (non-hydrogen) atoms. The summed E-state index contributed by atoms with van der Waals surface area (Å²) in [5, 5.41) is 10.1. The predicted octanol–water partition coefficient (Wildman–Crippen LogP) is 6.53. The van der Waals surface area contributed by atoms with Crippen molar-refractivity contribution in [2.75, 3.05) is 0 Å². The fourth-order valence-electron chi connectivity index (χ4n) is 5.85. The van der Waals surface area contributed by atoms with E-state index in [4.69, 9.17) is 9.47 Å². The van der Waals surface area contributed by atoms with Crippen LogP contribution < -0.4 is 9.47 Å². The summed E-state index contributed by atoms with van der Waals surface area (Å²) < 4.78 is 12.9. The summed E-state index contributed by atoms with van der Waals surface area (Å²) in [7, 11) is 0. The van der Waals surface area contributed by atoms with Crippen molar-refractivity contribution in [2.45, 2.75) is 104 Å². The zero-order valence-corrected chi connectivity index (χ0v) is 18.9. The molecule has 0 radical (unpaired) electrons. The second kappa shape index (κ2) is 7.65. The van der Waals surface area contributed by atoms with Gasteiger partial charge in [0.1, 0.15) is 0 Å². The second-order valence-corrected chi connectivity index (χ2v) is 10.6. The third-order valence-corrected chi connectivity index (χ3v) is 7.37. The summed E-state index contributed by atoms with van der Waals surface area (Å²) in [6.07, 6.45) is 10.4. The minimum atomic E-state index is -0.413. The number of allylic oxidation sites excluding steroid dienone is 1. The summed E-state index contributed by atoms with van der Waals surface area (Å²) in [6, 6.07) is 4.58. The Kier molecular flexibility index (Phi) is 5.48. The molecule has 1 aromatic rings. The van der Waals surface area contributed by atoms with Crippen LogP contribution in [0.3, 0.4) is 0 Å². The van der Waals surface area contributed by atoms with Crippen LogP contribution in [0, 0.1) is 11.3 Å². The Hall–Kier alpha value is -1.48. The van der Waals surface area contributed by atoms with Crippen molar-refractivity contribution in [3.63, 3.8) is 0 Å². The van der Waals surface area contributed by atoms with E-state index in [1.165, 1.54) is 36.0 Å². The molecule has 2 atom stereocenters. The first-order chi connectivity index (χ1) is 13.7. The number of rotatable bonds is 4. The first-order valence-electron chi connectivity index (χ1n) is 11.6. The molecule has 1 saturated carbocycles. The van der Waals surface area contributed by atoms with Gasteiger partial charge in [0.05, 0.1) is 6.10 Å². The van der Waals surface area contributed by atoms with Crippen LogP contribution in [0.1, 0.15) is 96.6 Å². The van der Waals surface area contributed by atoms with E-state index in [0.29, 0.717) is 11.8 Å². The van der Waals surface area contributed by atoms with Crippen LogP contribution in [0.25, 0.3) is 0 Å². The molecule has 0 bridgehead atoms. The van der Waals surface area contributed by atoms with Gasteiger partial charge in [-0.2, -0.15) is 0 Å². The molecule has 160 valence electrons. The maximum Gasteiger partial charge on any atom is 0.251 e. The van der Waals surface area contributed by atoms with Gasteiger partial charge in [-0.15, -0.1) is 0 Å². The quantitative estimate of drug-likeness (QED) is 0.586. The fourth-order valence-corrected chi connectivity index (χ4v) is 5.85. The van der Waals surface area contributed by atoms with Gasteiger partial charge in [0, 0.05) is 18.4 Å². The standard InChI is InChI=1S/C26H38O3/c1-17(2)21-14-19(9-10-22-18(3)13-20(27)16-25(22,4)5)15-23-24(21)29-26(28-23)11-7-6-8-12-26/h13-15,17,20,22,27H,6-12,16H2,1-5H3. The average Bonchev–Trinajstić information content (AvgIpc) is 2.96. The molecule has 0 aromatic heterocycles. The maximum atomic E-state index is 10.1. The minimum Gasteiger partial charge on any atom is -0.448 e. The van der Waals surface area contributed by atoms with Crippen molar-refractivity contribution in [3.05, 3.63) is 34.9 Å². The van der Waals surface area contributed by atoms with E-state index < -0.39 is 5.79 Å². The number of fused-ring (bicyclic) bond motifs is 1. The molecule has 2 aliphatic carbocycles. The third-order valence-electron chi connectivity index (χ3n) is 7.37. The number of aliphatic hydroxyl groups is 1. The summed E-state index contributed by atoms with van der Waals surface area (Å²) in [5.74, 6) is 2.45. The van der Waals surface area contributed by atoms with Crippen molar-refractivity contribution < 1.29 is 14.6 Å². The number of hydrogen-bond donors (Lipinski definition) is 1. The topological polar surface area (TPSA) is 38.7 Å². The van der Waals surface area contributed by atoms with E-state index in [2.05, 4.69) is 52.8 Å². The maximum absolute atomic E-state index is 10.1. The van der Waals surface area contributed by atoms with Gasteiger partial charge in [-0.25, -0.2) is 0 Å². The Balaban J connectivity index is 1.56. The van der Waals surface area contributed by atoms with Crippen LogP contribution in [0.5, 0.6) is 11.5 Å². The Morgan fingerprint density at radius 2 is 1.83 bits per heavy atom. The molecule has 2 unspecified atom stereocenters. The van der Waals surface area contributed by atoms with Crippen LogP contribution in [0.4, 0.5) is 0 Å². The lowest BCUT2D eigenvalue weighted by molar-refractivity contribution is -0.105. The molecule has 4 rings (SSSR count). The van der Waals surface area contributed by atoms with E-state index in [1.54, 1.807) is 0 Å². The second-order valence-electron chi connectivity index (χ2n) is 10.6. The number of benzene rings is 1. The highest BCUT2D eigenvalue weighted by atomic mass is 16.7. The lowest BCUT2D eigenvalue weighted by atomic mass is 9.66. The van der Waals surface area contributed by atoms with Crippen molar-refractivity contribution in [1.29, 1.82) is 0 Å². The van der Waals surface area contributed by atoms with Crippen molar-refractivity contribution in [2.24, 2.45) is 11.3 Å². The smallest absolute Gasteiger partial charge is 0.251 e. The van der Waals surface area contributed by atoms with E-state index in [-0.39, 0.29) is 11.5 Å². The number of hydrogen-bond acceptors (Lipinski definition) is 3. The van der Waals surface area contributed by atoms with Crippen LogP contribution in [-0.2, 0) is 6.42 Å². The molecule has 1 aromatic carbocycles. The molecular formula is C26H38O3. The molecular weight excluding hydrogens is 360 g/mol. The Morgan fingerprint density at radius 3 is 2.48 bits per heavy atom. The van der Waals surface area contributed by atoms with E-state index in [9.17, 15) is 5.11 Å². The number of ether oxygens (including phenoxy) is 2. The molecule has 1 heterocycles. The predicted molar refractivity (Wildman–Crippen MR) is 118 cm³/mol. The summed E-state index contributed by atoms with van der Waals surface area (Å²) >= 11 is 0. The first kappa shape index (κ1) is 20.8. The molecule has 1 spiro atoms. The molecule has 0 amide bonds. The number of aliphatic hydroxyl groups excluding tert-OH is 1. The van der Waals surface area contributed by atoms with Crippen LogP contribution in [0.15, 0.2) is 23.8 Å². The van der Waals surface area contributed by atoms with Gasteiger partial charge < -0.3 is 14.6 Å². The van der Waals surface area contributed by atoms with E-state index in [1.807, 2.05) is 0 Å². The third kappa shape index (κ3) is 4.08. The average molecular weight is 399 g/mol. The SMILES string of the molecule is CC1=CC(O)CC(C)(C)C1CCc1cc2c(c(C(C)C)c1)OC1(CCCCC1)O2.